The summed E-state index contributed by atoms with van der Waals surface area (Å²) in [5.41, 5.74) is 12.7. The molecule has 0 bridgehead atoms. The normalized spacial score (nSPS) is 13.2. The van der Waals surface area contributed by atoms with Crippen LogP contribution in [0.15, 0.2) is 176 Å². The van der Waals surface area contributed by atoms with Gasteiger partial charge in [-0.1, -0.05) is 172 Å². The van der Waals surface area contributed by atoms with Crippen molar-refractivity contribution in [1.29, 1.82) is 0 Å². The minimum Gasteiger partial charge on any atom is -0.208 e. The predicted molar refractivity (Wildman–Crippen MR) is 211 cm³/mol. The van der Waals surface area contributed by atoms with Gasteiger partial charge in [0, 0.05) is 22.1 Å². The summed E-state index contributed by atoms with van der Waals surface area (Å²) in [5.74, 6) is 1.96. The van der Waals surface area contributed by atoms with Crippen LogP contribution in [0, 0.1) is 0 Å². The van der Waals surface area contributed by atoms with E-state index in [4.69, 9.17) is 15.0 Å². The first-order valence-electron chi connectivity index (χ1n) is 17.4. The molecule has 0 fully saturated rings. The molecule has 9 rings (SSSR count). The van der Waals surface area contributed by atoms with E-state index < -0.39 is 0 Å². The van der Waals surface area contributed by atoms with E-state index in [9.17, 15) is 0 Å². The second kappa shape index (κ2) is 12.5. The van der Waals surface area contributed by atoms with Crippen molar-refractivity contribution in [1.82, 2.24) is 15.0 Å². The Labute approximate surface area is 298 Å². The molecule has 0 atom stereocenters. The van der Waals surface area contributed by atoms with E-state index >= 15 is 0 Å². The summed E-state index contributed by atoms with van der Waals surface area (Å²) in [6, 6.07) is 59.8. The van der Waals surface area contributed by atoms with Crippen molar-refractivity contribution in [3.8, 4) is 56.4 Å². The Bertz CT molecular complexity index is 2540. The van der Waals surface area contributed by atoms with E-state index in [1.54, 1.807) is 0 Å². The molecule has 3 nitrogen and oxygen atoms in total. The molecule has 1 aliphatic rings. The van der Waals surface area contributed by atoms with Gasteiger partial charge in [-0.05, 0) is 73.5 Å². The zero-order valence-electron chi connectivity index (χ0n) is 28.6. The quantitative estimate of drug-likeness (QED) is 0.179. The lowest BCUT2D eigenvalue weighted by Crippen LogP contribution is -2.10. The van der Waals surface area contributed by atoms with Crippen LogP contribution in [0.25, 0.3) is 72.8 Å². The Kier molecular flexibility index (Phi) is 7.48. The molecule has 1 heterocycles. The van der Waals surface area contributed by atoms with Gasteiger partial charge in [-0.15, -0.1) is 0 Å². The number of rotatable bonds is 6. The molecule has 51 heavy (non-hydrogen) atoms. The largest absolute Gasteiger partial charge is 0.208 e. The fourth-order valence-electron chi connectivity index (χ4n) is 7.36. The highest BCUT2D eigenvalue weighted by molar-refractivity contribution is 6.02. The number of hydrogen-bond acceptors (Lipinski definition) is 3. The fourth-order valence-corrected chi connectivity index (χ4v) is 7.36. The van der Waals surface area contributed by atoms with Crippen molar-refractivity contribution < 1.29 is 0 Å². The fraction of sp³-hybridized carbons (Fsp3) is 0.0625. The van der Waals surface area contributed by atoms with Crippen LogP contribution in [0.3, 0.4) is 0 Å². The lowest BCUT2D eigenvalue weighted by Gasteiger charge is -2.18. The maximum atomic E-state index is 4.96. The first-order chi connectivity index (χ1) is 25.0. The van der Waals surface area contributed by atoms with Crippen molar-refractivity contribution in [3.05, 3.63) is 193 Å². The first-order valence-corrected chi connectivity index (χ1v) is 17.4. The second-order valence-electron chi connectivity index (χ2n) is 13.8. The Balaban J connectivity index is 1.09. The van der Waals surface area contributed by atoms with Gasteiger partial charge in [0.1, 0.15) is 0 Å². The van der Waals surface area contributed by atoms with Crippen molar-refractivity contribution in [2.45, 2.75) is 19.3 Å². The van der Waals surface area contributed by atoms with E-state index in [1.165, 1.54) is 44.2 Å². The highest BCUT2D eigenvalue weighted by Crippen LogP contribution is 2.46. The summed E-state index contributed by atoms with van der Waals surface area (Å²) in [6.45, 7) is 4.63. The van der Waals surface area contributed by atoms with E-state index in [2.05, 4.69) is 129 Å². The molecule has 0 amide bonds. The Morgan fingerprint density at radius 2 is 0.804 bits per heavy atom. The SMILES string of the molecule is CC1(C)C=C(c2cccc(-c3cccc(-c4cccc(-c5nc(-c6ccccc6)nc(-c6ccccc6)n5)c4)c3)c2)c2c1ccc1ccccc21. The van der Waals surface area contributed by atoms with Crippen molar-refractivity contribution in [2.24, 2.45) is 0 Å². The van der Waals surface area contributed by atoms with E-state index in [-0.39, 0.29) is 5.41 Å². The Hall–Kier alpha value is -6.45. The third kappa shape index (κ3) is 5.73. The molecule has 1 aliphatic carbocycles. The van der Waals surface area contributed by atoms with E-state index in [0.717, 1.165) is 27.8 Å². The monoisotopic (exact) mass is 653 g/mol. The van der Waals surface area contributed by atoms with Crippen LogP contribution < -0.4 is 0 Å². The van der Waals surface area contributed by atoms with Crippen molar-refractivity contribution in [3.63, 3.8) is 0 Å². The maximum Gasteiger partial charge on any atom is 0.164 e. The zero-order valence-corrected chi connectivity index (χ0v) is 28.6. The van der Waals surface area contributed by atoms with Crippen LogP contribution in [0.4, 0.5) is 0 Å². The molecule has 1 aromatic heterocycles. The number of benzene rings is 7. The summed E-state index contributed by atoms with van der Waals surface area (Å²) < 4.78 is 0. The number of hydrogen-bond donors (Lipinski definition) is 0. The van der Waals surface area contributed by atoms with Gasteiger partial charge in [-0.3, -0.25) is 0 Å². The lowest BCUT2D eigenvalue weighted by atomic mass is 9.85. The first kappa shape index (κ1) is 30.6. The zero-order chi connectivity index (χ0) is 34.4. The molecule has 242 valence electrons. The molecular weight excluding hydrogens is 619 g/mol. The van der Waals surface area contributed by atoms with Gasteiger partial charge in [0.05, 0.1) is 0 Å². The van der Waals surface area contributed by atoms with E-state index in [1.807, 2.05) is 60.7 Å². The molecule has 7 aromatic carbocycles. The number of allylic oxidation sites excluding steroid dienone is 1. The van der Waals surface area contributed by atoms with Gasteiger partial charge in [0.15, 0.2) is 17.5 Å². The Morgan fingerprint density at radius 3 is 1.39 bits per heavy atom. The van der Waals surface area contributed by atoms with Crippen LogP contribution in [0.5, 0.6) is 0 Å². The molecule has 0 radical (unpaired) electrons. The van der Waals surface area contributed by atoms with Crippen molar-refractivity contribution in [2.75, 3.05) is 0 Å². The second-order valence-corrected chi connectivity index (χ2v) is 13.8. The molecule has 0 aliphatic heterocycles. The van der Waals surface area contributed by atoms with Crippen LogP contribution in [-0.2, 0) is 5.41 Å². The van der Waals surface area contributed by atoms with Gasteiger partial charge in [-0.2, -0.15) is 0 Å². The Morgan fingerprint density at radius 1 is 0.373 bits per heavy atom. The predicted octanol–water partition coefficient (Wildman–Crippen LogP) is 12.1. The summed E-state index contributed by atoms with van der Waals surface area (Å²) in [6.07, 6.45) is 2.44. The molecule has 0 N–H and O–H groups in total. The van der Waals surface area contributed by atoms with Crippen LogP contribution in [0.2, 0.25) is 0 Å². The third-order valence-electron chi connectivity index (χ3n) is 9.92. The third-order valence-corrected chi connectivity index (χ3v) is 9.92. The standard InChI is InChI=1S/C48H35N3/c1-48(2)31-42(44-41-25-10-9-14-32(41)26-27-43(44)48)39-23-12-21-37(29-39)35-19-11-20-36(28-35)38-22-13-24-40(30-38)47-50-45(33-15-5-3-6-16-33)49-46(51-47)34-17-7-4-8-18-34/h3-31H,1-2H3. The highest BCUT2D eigenvalue weighted by atomic mass is 15.0. The maximum absolute atomic E-state index is 4.96. The van der Waals surface area contributed by atoms with Crippen molar-refractivity contribution >= 4 is 16.3 Å². The van der Waals surface area contributed by atoms with Crippen LogP contribution in [-0.4, -0.2) is 15.0 Å². The van der Waals surface area contributed by atoms with E-state index in [0.29, 0.717) is 17.5 Å². The number of aromatic nitrogens is 3. The van der Waals surface area contributed by atoms with Crippen LogP contribution >= 0.6 is 0 Å². The lowest BCUT2D eigenvalue weighted by molar-refractivity contribution is 0.684. The molecule has 0 spiro atoms. The minimum atomic E-state index is -0.0438. The minimum absolute atomic E-state index is 0.0438. The summed E-state index contributed by atoms with van der Waals surface area (Å²) in [5, 5.41) is 2.58. The average Bonchev–Trinajstić information content (AvgIpc) is 3.49. The number of nitrogens with zero attached hydrogens (tertiary/aromatic N) is 3. The van der Waals surface area contributed by atoms with Gasteiger partial charge < -0.3 is 0 Å². The van der Waals surface area contributed by atoms with Gasteiger partial charge in [0.2, 0.25) is 0 Å². The highest BCUT2D eigenvalue weighted by Gasteiger charge is 2.31. The topological polar surface area (TPSA) is 38.7 Å². The van der Waals surface area contributed by atoms with Crippen LogP contribution in [0.1, 0.15) is 30.5 Å². The smallest absolute Gasteiger partial charge is 0.164 e. The average molecular weight is 654 g/mol. The van der Waals surface area contributed by atoms with Gasteiger partial charge in [0.25, 0.3) is 0 Å². The number of fused-ring (bicyclic) bond motifs is 3. The molecule has 0 saturated heterocycles. The van der Waals surface area contributed by atoms with Gasteiger partial charge >= 0.3 is 0 Å². The summed E-state index contributed by atoms with van der Waals surface area (Å²) >= 11 is 0. The molecule has 0 saturated carbocycles. The molecular formula is C48H35N3. The molecule has 3 heteroatoms. The molecule has 8 aromatic rings. The summed E-state index contributed by atoms with van der Waals surface area (Å²) in [4.78, 5) is 14.8. The summed E-state index contributed by atoms with van der Waals surface area (Å²) in [7, 11) is 0. The van der Waals surface area contributed by atoms with Gasteiger partial charge in [-0.25, -0.2) is 15.0 Å². The molecule has 0 unspecified atom stereocenters.